The van der Waals surface area contributed by atoms with Gasteiger partial charge in [-0.25, -0.2) is 0 Å². The Kier molecular flexibility index (Phi) is 2.29. The molecule has 0 fully saturated rings. The first-order valence-electron chi connectivity index (χ1n) is 3.70. The summed E-state index contributed by atoms with van der Waals surface area (Å²) in [6.07, 6.45) is 5.25. The van der Waals surface area contributed by atoms with E-state index in [1.165, 1.54) is 0 Å². The van der Waals surface area contributed by atoms with Crippen LogP contribution in [0.2, 0.25) is 0 Å². The fraction of sp³-hybridized carbons (Fsp3) is 0.625. The lowest BCUT2D eigenvalue weighted by molar-refractivity contribution is 0.0651. The molecule has 1 aromatic heterocycles. The summed E-state index contributed by atoms with van der Waals surface area (Å²) in [5, 5.41) is 13.3. The molecule has 1 aromatic rings. The van der Waals surface area contributed by atoms with Gasteiger partial charge < -0.3 is 5.11 Å². The van der Waals surface area contributed by atoms with Gasteiger partial charge in [-0.3, -0.25) is 4.68 Å². The molecule has 1 rings (SSSR count). The number of aryl methyl sites for hydroxylation is 1. The highest BCUT2D eigenvalue weighted by Crippen LogP contribution is 2.07. The van der Waals surface area contributed by atoms with E-state index in [0.29, 0.717) is 6.42 Å². The van der Waals surface area contributed by atoms with E-state index in [1.54, 1.807) is 24.6 Å². The van der Waals surface area contributed by atoms with Crippen LogP contribution in [0.5, 0.6) is 0 Å². The average molecular weight is 153 g/mol. The van der Waals surface area contributed by atoms with E-state index in [2.05, 4.69) is 11.3 Å². The van der Waals surface area contributed by atoms with Gasteiger partial charge in [0.1, 0.15) is 6.20 Å². The van der Waals surface area contributed by atoms with E-state index in [1.807, 2.05) is 6.20 Å². The summed E-state index contributed by atoms with van der Waals surface area (Å²) >= 11 is 0. The van der Waals surface area contributed by atoms with Crippen molar-refractivity contribution < 1.29 is 5.11 Å². The summed E-state index contributed by atoms with van der Waals surface area (Å²) in [7, 11) is 0. The van der Waals surface area contributed by atoms with Crippen LogP contribution in [0, 0.1) is 6.20 Å². The number of hydrogen-bond donors (Lipinski definition) is 1. The first-order valence-corrected chi connectivity index (χ1v) is 3.70. The van der Waals surface area contributed by atoms with Crippen molar-refractivity contribution in [2.45, 2.75) is 32.4 Å². The van der Waals surface area contributed by atoms with Crippen molar-refractivity contribution >= 4 is 0 Å². The summed E-state index contributed by atoms with van der Waals surface area (Å²) in [4.78, 5) is 0. The molecule has 11 heavy (non-hydrogen) atoms. The number of nitrogens with zero attached hydrogens (tertiary/aromatic N) is 2. The molecule has 3 heteroatoms. The molecule has 0 unspecified atom stereocenters. The van der Waals surface area contributed by atoms with Crippen molar-refractivity contribution in [3.05, 3.63) is 18.5 Å². The maximum atomic E-state index is 9.37. The quantitative estimate of drug-likeness (QED) is 0.699. The van der Waals surface area contributed by atoms with Gasteiger partial charge in [-0.1, -0.05) is 0 Å². The largest absolute Gasteiger partial charge is 0.390 e. The van der Waals surface area contributed by atoms with Gasteiger partial charge in [0.2, 0.25) is 0 Å². The van der Waals surface area contributed by atoms with Crippen LogP contribution in [0.25, 0.3) is 0 Å². The maximum Gasteiger partial charge on any atom is 0.113 e. The second kappa shape index (κ2) is 3.05. The third-order valence-corrected chi connectivity index (χ3v) is 1.46. The minimum atomic E-state index is -0.605. The molecule has 3 nitrogen and oxygen atoms in total. The highest BCUT2D eigenvalue weighted by molar-refractivity contribution is 4.76. The van der Waals surface area contributed by atoms with E-state index >= 15 is 0 Å². The third-order valence-electron chi connectivity index (χ3n) is 1.46. The molecule has 1 N–H and O–H groups in total. The highest BCUT2D eigenvalue weighted by Gasteiger charge is 2.11. The van der Waals surface area contributed by atoms with E-state index in [4.69, 9.17) is 0 Å². The molecule has 0 saturated carbocycles. The molecule has 61 valence electrons. The zero-order valence-electron chi connectivity index (χ0n) is 6.91. The van der Waals surface area contributed by atoms with Crippen LogP contribution in [0.3, 0.4) is 0 Å². The molecular weight excluding hydrogens is 140 g/mol. The van der Waals surface area contributed by atoms with Crippen LogP contribution >= 0.6 is 0 Å². The zero-order chi connectivity index (χ0) is 8.32. The number of aliphatic hydroxyl groups is 1. The van der Waals surface area contributed by atoms with E-state index < -0.39 is 5.60 Å². The molecule has 0 atom stereocenters. The van der Waals surface area contributed by atoms with Crippen molar-refractivity contribution in [3.63, 3.8) is 0 Å². The van der Waals surface area contributed by atoms with Crippen molar-refractivity contribution in [1.29, 1.82) is 0 Å². The molecule has 0 spiro atoms. The van der Waals surface area contributed by atoms with Gasteiger partial charge in [-0.2, -0.15) is 5.10 Å². The van der Waals surface area contributed by atoms with E-state index in [-0.39, 0.29) is 0 Å². The van der Waals surface area contributed by atoms with Gasteiger partial charge >= 0.3 is 0 Å². The summed E-state index contributed by atoms with van der Waals surface area (Å²) in [6.45, 7) is 4.33. The lowest BCUT2D eigenvalue weighted by Crippen LogP contribution is -2.21. The molecule has 0 saturated heterocycles. The van der Waals surface area contributed by atoms with Crippen LogP contribution in [-0.4, -0.2) is 20.5 Å². The van der Waals surface area contributed by atoms with Crippen LogP contribution in [0.4, 0.5) is 0 Å². The summed E-state index contributed by atoms with van der Waals surface area (Å²) < 4.78 is 1.76. The first-order chi connectivity index (χ1) is 5.08. The van der Waals surface area contributed by atoms with Gasteiger partial charge in [-0.05, 0) is 26.3 Å². The minimum Gasteiger partial charge on any atom is -0.390 e. The average Bonchev–Trinajstić information content (AvgIpc) is 2.32. The molecule has 0 amide bonds. The second-order valence-corrected chi connectivity index (χ2v) is 3.27. The predicted octanol–water partition coefficient (Wildman–Crippen LogP) is 0.844. The molecule has 0 aliphatic carbocycles. The highest BCUT2D eigenvalue weighted by atomic mass is 16.3. The third kappa shape index (κ3) is 3.18. The van der Waals surface area contributed by atoms with Crippen LogP contribution in [0.1, 0.15) is 20.3 Å². The van der Waals surface area contributed by atoms with Crippen LogP contribution in [0.15, 0.2) is 12.3 Å². The molecular formula is C8H13N2O. The molecule has 0 bridgehead atoms. The summed E-state index contributed by atoms with van der Waals surface area (Å²) in [5.41, 5.74) is -0.605. The Balaban J connectivity index is 2.35. The second-order valence-electron chi connectivity index (χ2n) is 3.27. The lowest BCUT2D eigenvalue weighted by Gasteiger charge is -2.16. The molecule has 0 aliphatic heterocycles. The normalized spacial score (nSPS) is 11.9. The monoisotopic (exact) mass is 153 g/mol. The maximum absolute atomic E-state index is 9.37. The van der Waals surface area contributed by atoms with Crippen molar-refractivity contribution in [3.8, 4) is 0 Å². The first kappa shape index (κ1) is 8.27. The van der Waals surface area contributed by atoms with E-state index in [9.17, 15) is 5.11 Å². The Morgan fingerprint density at radius 2 is 2.36 bits per heavy atom. The van der Waals surface area contributed by atoms with Gasteiger partial charge in [0.05, 0.1) is 5.60 Å². The number of rotatable bonds is 3. The Bertz CT molecular complexity index is 198. The zero-order valence-corrected chi connectivity index (χ0v) is 6.91. The van der Waals surface area contributed by atoms with Gasteiger partial charge in [0.15, 0.2) is 0 Å². The summed E-state index contributed by atoms with van der Waals surface area (Å²) in [6, 6.07) is 1.75. The van der Waals surface area contributed by atoms with Crippen molar-refractivity contribution in [1.82, 2.24) is 9.78 Å². The Labute approximate surface area is 66.7 Å². The van der Waals surface area contributed by atoms with Crippen LogP contribution in [-0.2, 0) is 6.54 Å². The molecule has 0 aromatic carbocycles. The Morgan fingerprint density at radius 1 is 1.64 bits per heavy atom. The minimum absolute atomic E-state index is 0.605. The topological polar surface area (TPSA) is 38.0 Å². The Hall–Kier alpha value is -0.830. The number of aromatic nitrogens is 2. The fourth-order valence-corrected chi connectivity index (χ4v) is 0.773. The van der Waals surface area contributed by atoms with Gasteiger partial charge in [-0.15, -0.1) is 0 Å². The molecule has 1 heterocycles. The number of hydrogen-bond acceptors (Lipinski definition) is 2. The van der Waals surface area contributed by atoms with Gasteiger partial charge in [0, 0.05) is 12.7 Å². The van der Waals surface area contributed by atoms with Crippen LogP contribution < -0.4 is 0 Å². The van der Waals surface area contributed by atoms with Crippen molar-refractivity contribution in [2.75, 3.05) is 0 Å². The lowest BCUT2D eigenvalue weighted by atomic mass is 10.1. The smallest absolute Gasteiger partial charge is 0.113 e. The molecule has 0 aliphatic rings. The summed E-state index contributed by atoms with van der Waals surface area (Å²) in [5.74, 6) is 0. The predicted molar refractivity (Wildman–Crippen MR) is 42.0 cm³/mol. The van der Waals surface area contributed by atoms with Crippen molar-refractivity contribution in [2.24, 2.45) is 0 Å². The SMILES string of the molecule is CC(C)(O)CCn1cc[c]n1. The van der Waals surface area contributed by atoms with Gasteiger partial charge in [0.25, 0.3) is 0 Å². The standard InChI is InChI=1S/C8H13N2O/c1-8(2,11)4-7-10-6-3-5-9-10/h3,6,11H,4,7H2,1-2H3. The fourth-order valence-electron chi connectivity index (χ4n) is 0.773. The Morgan fingerprint density at radius 3 is 2.82 bits per heavy atom. The van der Waals surface area contributed by atoms with E-state index in [0.717, 1.165) is 6.54 Å². The molecule has 1 radical (unpaired) electrons.